The maximum atomic E-state index is 11.6. The van der Waals surface area contributed by atoms with Crippen LogP contribution < -0.4 is 4.72 Å². The normalized spacial score (nSPS) is 23.5. The number of sulfonamides is 1. The van der Waals surface area contributed by atoms with E-state index in [9.17, 15) is 8.42 Å². The van der Waals surface area contributed by atoms with E-state index in [2.05, 4.69) is 16.7 Å². The minimum absolute atomic E-state index is 0.132. The van der Waals surface area contributed by atoms with Crippen LogP contribution in [0.15, 0.2) is 0 Å². The third-order valence-electron chi connectivity index (χ3n) is 3.01. The first kappa shape index (κ1) is 14.2. The van der Waals surface area contributed by atoms with Crippen molar-refractivity contribution in [3.8, 4) is 0 Å². The van der Waals surface area contributed by atoms with Crippen molar-refractivity contribution >= 4 is 21.6 Å². The van der Waals surface area contributed by atoms with Crippen LogP contribution in [0.5, 0.6) is 0 Å². The Kier molecular flexibility index (Phi) is 6.03. The summed E-state index contributed by atoms with van der Waals surface area (Å²) in [5, 5.41) is 0. The van der Waals surface area contributed by atoms with E-state index in [4.69, 9.17) is 11.6 Å². The number of alkyl halides is 1. The molecule has 1 rings (SSSR count). The van der Waals surface area contributed by atoms with Gasteiger partial charge in [-0.15, -0.1) is 11.6 Å². The summed E-state index contributed by atoms with van der Waals surface area (Å²) in [6.45, 7) is 1.59. The van der Waals surface area contributed by atoms with Crippen LogP contribution in [-0.4, -0.2) is 51.1 Å². The van der Waals surface area contributed by atoms with Crippen molar-refractivity contribution in [2.75, 3.05) is 31.8 Å². The van der Waals surface area contributed by atoms with Gasteiger partial charge in [0.25, 0.3) is 0 Å². The van der Waals surface area contributed by atoms with Gasteiger partial charge < -0.3 is 4.90 Å². The van der Waals surface area contributed by atoms with Gasteiger partial charge in [0.05, 0.1) is 5.75 Å². The zero-order valence-corrected chi connectivity index (χ0v) is 11.4. The molecule has 1 heterocycles. The van der Waals surface area contributed by atoms with Gasteiger partial charge >= 0.3 is 0 Å². The maximum Gasteiger partial charge on any atom is 0.211 e. The molecule has 1 saturated heterocycles. The number of likely N-dealkylation sites (tertiary alicyclic amines) is 1. The molecule has 1 aliphatic heterocycles. The Labute approximate surface area is 103 Å². The lowest BCUT2D eigenvalue weighted by Crippen LogP contribution is -2.44. The molecule has 4 nitrogen and oxygen atoms in total. The second-order valence-corrected chi connectivity index (χ2v) is 6.64. The van der Waals surface area contributed by atoms with E-state index in [1.807, 2.05) is 0 Å². The van der Waals surface area contributed by atoms with Crippen molar-refractivity contribution in [2.24, 2.45) is 0 Å². The molecule has 96 valence electrons. The molecule has 0 aromatic heterocycles. The fourth-order valence-corrected chi connectivity index (χ4v) is 3.35. The molecular weight excluding hydrogens is 248 g/mol. The Balaban J connectivity index is 2.32. The third-order valence-corrected chi connectivity index (χ3v) is 4.71. The molecule has 16 heavy (non-hydrogen) atoms. The van der Waals surface area contributed by atoms with Crippen LogP contribution in [0.25, 0.3) is 0 Å². The van der Waals surface area contributed by atoms with E-state index in [1.54, 1.807) is 0 Å². The molecule has 0 bridgehead atoms. The maximum absolute atomic E-state index is 11.6. The van der Waals surface area contributed by atoms with Crippen LogP contribution >= 0.6 is 11.6 Å². The number of hydrogen-bond donors (Lipinski definition) is 1. The Morgan fingerprint density at radius 3 is 2.81 bits per heavy atom. The van der Waals surface area contributed by atoms with Crippen LogP contribution in [0.3, 0.4) is 0 Å². The number of nitrogens with one attached hydrogen (secondary N) is 1. The van der Waals surface area contributed by atoms with E-state index in [0.717, 1.165) is 13.0 Å². The summed E-state index contributed by atoms with van der Waals surface area (Å²) >= 11 is 5.48. The largest absolute Gasteiger partial charge is 0.302 e. The monoisotopic (exact) mass is 268 g/mol. The van der Waals surface area contributed by atoms with E-state index >= 15 is 0 Å². The molecule has 0 saturated carbocycles. The fraction of sp³-hybridized carbons (Fsp3) is 1.00. The number of nitrogens with zero attached hydrogens (tertiary/aromatic N) is 1. The van der Waals surface area contributed by atoms with Gasteiger partial charge in [-0.1, -0.05) is 6.42 Å². The highest BCUT2D eigenvalue weighted by molar-refractivity contribution is 7.89. The molecule has 1 aliphatic rings. The van der Waals surface area contributed by atoms with Crippen LogP contribution in [0, 0.1) is 0 Å². The molecule has 0 aromatic rings. The number of likely N-dealkylation sites (N-methyl/N-ethyl adjacent to an activating group) is 1. The van der Waals surface area contributed by atoms with Crippen molar-refractivity contribution in [3.05, 3.63) is 0 Å². The van der Waals surface area contributed by atoms with Crippen molar-refractivity contribution < 1.29 is 8.42 Å². The van der Waals surface area contributed by atoms with Gasteiger partial charge in [-0.2, -0.15) is 0 Å². The summed E-state index contributed by atoms with van der Waals surface area (Å²) < 4.78 is 25.8. The summed E-state index contributed by atoms with van der Waals surface area (Å²) in [4.78, 5) is 2.23. The lowest BCUT2D eigenvalue weighted by molar-refractivity contribution is 0.187. The zero-order valence-electron chi connectivity index (χ0n) is 9.78. The van der Waals surface area contributed by atoms with Crippen molar-refractivity contribution in [1.82, 2.24) is 9.62 Å². The molecule has 0 spiro atoms. The lowest BCUT2D eigenvalue weighted by Gasteiger charge is -2.32. The predicted molar refractivity (Wildman–Crippen MR) is 67.4 cm³/mol. The topological polar surface area (TPSA) is 49.4 Å². The molecule has 0 amide bonds. The Morgan fingerprint density at radius 1 is 1.44 bits per heavy atom. The number of rotatable bonds is 6. The Hall–Kier alpha value is 0.160. The predicted octanol–water partition coefficient (Wildman–Crippen LogP) is 1.02. The average molecular weight is 269 g/mol. The smallest absolute Gasteiger partial charge is 0.211 e. The van der Waals surface area contributed by atoms with Gasteiger partial charge in [0.15, 0.2) is 0 Å². The summed E-state index contributed by atoms with van der Waals surface area (Å²) in [6, 6.07) is 0.347. The van der Waals surface area contributed by atoms with Crippen molar-refractivity contribution in [2.45, 2.75) is 31.7 Å². The first-order valence-electron chi connectivity index (χ1n) is 5.79. The quantitative estimate of drug-likeness (QED) is 0.732. The summed E-state index contributed by atoms with van der Waals surface area (Å²) in [6.07, 6.45) is 4.00. The van der Waals surface area contributed by atoms with Gasteiger partial charge in [0.1, 0.15) is 0 Å². The standard InChI is InChI=1S/C10H21ClN2O2S/c1-13-7-3-2-5-10(13)9-12-16(14,15)8-4-6-11/h10,12H,2-9H2,1H3. The number of hydrogen-bond acceptors (Lipinski definition) is 3. The molecular formula is C10H21ClN2O2S. The number of halogens is 1. The fourth-order valence-electron chi connectivity index (χ4n) is 1.94. The lowest BCUT2D eigenvalue weighted by atomic mass is 10.0. The van der Waals surface area contributed by atoms with Crippen LogP contribution in [-0.2, 0) is 10.0 Å². The van der Waals surface area contributed by atoms with Gasteiger partial charge in [-0.3, -0.25) is 0 Å². The highest BCUT2D eigenvalue weighted by Gasteiger charge is 2.20. The van der Waals surface area contributed by atoms with E-state index in [-0.39, 0.29) is 5.75 Å². The molecule has 0 aliphatic carbocycles. The second kappa shape index (κ2) is 6.79. The molecule has 6 heteroatoms. The molecule has 1 unspecified atom stereocenters. The molecule has 0 radical (unpaired) electrons. The van der Waals surface area contributed by atoms with Crippen LogP contribution in [0.2, 0.25) is 0 Å². The summed E-state index contributed by atoms with van der Waals surface area (Å²) in [5.74, 6) is 0.525. The average Bonchev–Trinajstić information content (AvgIpc) is 2.26. The molecule has 0 aromatic carbocycles. The minimum atomic E-state index is -3.13. The van der Waals surface area contributed by atoms with Crippen LogP contribution in [0.1, 0.15) is 25.7 Å². The Bertz CT molecular complexity index is 295. The van der Waals surface area contributed by atoms with Gasteiger partial charge in [0.2, 0.25) is 10.0 Å². The van der Waals surface area contributed by atoms with Crippen molar-refractivity contribution in [3.63, 3.8) is 0 Å². The third kappa shape index (κ3) is 4.99. The number of piperidine rings is 1. The van der Waals surface area contributed by atoms with Gasteiger partial charge in [-0.25, -0.2) is 13.1 Å². The molecule has 1 atom stereocenters. The zero-order chi connectivity index (χ0) is 12.0. The highest BCUT2D eigenvalue weighted by Crippen LogP contribution is 2.14. The first-order chi connectivity index (χ1) is 7.55. The second-order valence-electron chi connectivity index (χ2n) is 4.34. The van der Waals surface area contributed by atoms with Gasteiger partial charge in [-0.05, 0) is 32.9 Å². The molecule has 1 fully saturated rings. The van der Waals surface area contributed by atoms with Crippen molar-refractivity contribution in [1.29, 1.82) is 0 Å². The molecule has 1 N–H and O–H groups in total. The van der Waals surface area contributed by atoms with E-state index in [0.29, 0.717) is 24.9 Å². The summed E-state index contributed by atoms with van der Waals surface area (Å²) in [5.41, 5.74) is 0. The minimum Gasteiger partial charge on any atom is -0.302 e. The van der Waals surface area contributed by atoms with E-state index in [1.165, 1.54) is 12.8 Å². The highest BCUT2D eigenvalue weighted by atomic mass is 35.5. The van der Waals surface area contributed by atoms with Gasteiger partial charge in [0, 0.05) is 18.5 Å². The first-order valence-corrected chi connectivity index (χ1v) is 7.97. The SMILES string of the molecule is CN1CCCCC1CNS(=O)(=O)CCCCl. The Morgan fingerprint density at radius 2 is 2.19 bits per heavy atom. The van der Waals surface area contributed by atoms with E-state index < -0.39 is 10.0 Å². The van der Waals surface area contributed by atoms with Crippen LogP contribution in [0.4, 0.5) is 0 Å². The summed E-state index contributed by atoms with van der Waals surface area (Å²) in [7, 11) is -1.08.